The van der Waals surface area contributed by atoms with Crippen LogP contribution < -0.4 is 10.6 Å². The molecule has 1 saturated heterocycles. The number of aromatic nitrogens is 2. The highest BCUT2D eigenvalue weighted by atomic mass is 15.1. The summed E-state index contributed by atoms with van der Waals surface area (Å²) in [6, 6.07) is 12.3. The molecule has 0 aliphatic carbocycles. The molecule has 0 bridgehead atoms. The third-order valence-corrected chi connectivity index (χ3v) is 3.93. The van der Waals surface area contributed by atoms with Crippen molar-refractivity contribution in [2.75, 3.05) is 25.0 Å². The average Bonchev–Trinajstić information content (AvgIpc) is 2.54. The van der Waals surface area contributed by atoms with Crippen LogP contribution in [-0.2, 0) is 0 Å². The summed E-state index contributed by atoms with van der Waals surface area (Å²) < 4.78 is 0. The van der Waals surface area contributed by atoms with E-state index in [4.69, 9.17) is 0 Å². The molecule has 0 saturated carbocycles. The first-order valence-electron chi connectivity index (χ1n) is 7.67. The first kappa shape index (κ1) is 14.0. The highest BCUT2D eigenvalue weighted by Gasteiger charge is 2.13. The van der Waals surface area contributed by atoms with Crippen molar-refractivity contribution in [2.24, 2.45) is 5.92 Å². The van der Waals surface area contributed by atoms with Gasteiger partial charge in [-0.05, 0) is 44.8 Å². The van der Waals surface area contributed by atoms with Gasteiger partial charge in [0.1, 0.15) is 0 Å². The number of piperidine rings is 1. The van der Waals surface area contributed by atoms with Crippen LogP contribution in [-0.4, -0.2) is 29.6 Å². The van der Waals surface area contributed by atoms with E-state index in [-0.39, 0.29) is 0 Å². The Balaban J connectivity index is 1.72. The van der Waals surface area contributed by atoms with E-state index in [9.17, 15) is 0 Å². The van der Waals surface area contributed by atoms with E-state index in [1.807, 2.05) is 31.2 Å². The molecule has 2 heterocycles. The second-order valence-electron chi connectivity index (χ2n) is 5.66. The molecule has 2 aromatic rings. The van der Waals surface area contributed by atoms with Crippen LogP contribution in [0.2, 0.25) is 0 Å². The molecule has 1 aliphatic heterocycles. The van der Waals surface area contributed by atoms with Crippen molar-refractivity contribution < 1.29 is 0 Å². The van der Waals surface area contributed by atoms with Gasteiger partial charge in [0, 0.05) is 17.8 Å². The standard InChI is InChI=1S/C17H22N4/c1-13-11-16(15-5-3-2-4-6-15)21-17(20-13)19-12-14-7-9-18-10-8-14/h2-6,11,14,18H,7-10,12H2,1H3,(H,19,20,21). The molecule has 3 rings (SSSR count). The third kappa shape index (κ3) is 3.79. The molecule has 0 radical (unpaired) electrons. The van der Waals surface area contributed by atoms with Crippen LogP contribution >= 0.6 is 0 Å². The van der Waals surface area contributed by atoms with Gasteiger partial charge in [0.05, 0.1) is 5.69 Å². The van der Waals surface area contributed by atoms with Crippen LogP contribution in [0.4, 0.5) is 5.95 Å². The SMILES string of the molecule is Cc1cc(-c2ccccc2)nc(NCC2CCNCC2)n1. The van der Waals surface area contributed by atoms with Gasteiger partial charge < -0.3 is 10.6 Å². The summed E-state index contributed by atoms with van der Waals surface area (Å²) in [4.78, 5) is 9.16. The van der Waals surface area contributed by atoms with Crippen molar-refractivity contribution in [3.05, 3.63) is 42.1 Å². The normalized spacial score (nSPS) is 15.9. The van der Waals surface area contributed by atoms with Crippen LogP contribution in [0.15, 0.2) is 36.4 Å². The Morgan fingerprint density at radius 1 is 1.14 bits per heavy atom. The lowest BCUT2D eigenvalue weighted by atomic mass is 9.98. The predicted octanol–water partition coefficient (Wildman–Crippen LogP) is 2.86. The maximum absolute atomic E-state index is 4.65. The molecule has 4 heteroatoms. The Kier molecular flexibility index (Phi) is 4.46. The lowest BCUT2D eigenvalue weighted by molar-refractivity contribution is 0.389. The van der Waals surface area contributed by atoms with Crippen molar-refractivity contribution >= 4 is 5.95 Å². The van der Waals surface area contributed by atoms with Crippen molar-refractivity contribution in [2.45, 2.75) is 19.8 Å². The molecule has 0 atom stereocenters. The van der Waals surface area contributed by atoms with E-state index in [0.29, 0.717) is 0 Å². The first-order chi connectivity index (χ1) is 10.3. The minimum absolute atomic E-state index is 0.718. The molecule has 2 N–H and O–H groups in total. The zero-order chi connectivity index (χ0) is 14.5. The number of anilines is 1. The third-order valence-electron chi connectivity index (χ3n) is 3.93. The molecule has 0 amide bonds. The monoisotopic (exact) mass is 282 g/mol. The van der Waals surface area contributed by atoms with Crippen molar-refractivity contribution in [1.29, 1.82) is 0 Å². The number of hydrogen-bond acceptors (Lipinski definition) is 4. The Bertz CT molecular complexity index is 577. The molecular formula is C17H22N4. The Morgan fingerprint density at radius 3 is 2.67 bits per heavy atom. The van der Waals surface area contributed by atoms with Crippen LogP contribution in [0.25, 0.3) is 11.3 Å². The maximum Gasteiger partial charge on any atom is 0.223 e. The molecule has 4 nitrogen and oxygen atoms in total. The summed E-state index contributed by atoms with van der Waals surface area (Å²) in [5.41, 5.74) is 3.11. The van der Waals surface area contributed by atoms with E-state index in [1.165, 1.54) is 12.8 Å². The van der Waals surface area contributed by atoms with Gasteiger partial charge in [-0.25, -0.2) is 9.97 Å². The zero-order valence-corrected chi connectivity index (χ0v) is 12.5. The fourth-order valence-corrected chi connectivity index (χ4v) is 2.73. The van der Waals surface area contributed by atoms with Gasteiger partial charge in [0.15, 0.2) is 0 Å². The second kappa shape index (κ2) is 6.68. The number of nitrogens with zero attached hydrogens (tertiary/aromatic N) is 2. The van der Waals surface area contributed by atoms with Gasteiger partial charge in [0.25, 0.3) is 0 Å². The van der Waals surface area contributed by atoms with Crippen LogP contribution in [0.3, 0.4) is 0 Å². The zero-order valence-electron chi connectivity index (χ0n) is 12.5. The van der Waals surface area contributed by atoms with Crippen molar-refractivity contribution in [1.82, 2.24) is 15.3 Å². The van der Waals surface area contributed by atoms with Crippen LogP contribution in [0.1, 0.15) is 18.5 Å². The van der Waals surface area contributed by atoms with Gasteiger partial charge >= 0.3 is 0 Å². The minimum Gasteiger partial charge on any atom is -0.354 e. The van der Waals surface area contributed by atoms with Crippen molar-refractivity contribution in [3.63, 3.8) is 0 Å². The van der Waals surface area contributed by atoms with Crippen molar-refractivity contribution in [3.8, 4) is 11.3 Å². The molecule has 1 aromatic carbocycles. The van der Waals surface area contributed by atoms with E-state index in [2.05, 4.69) is 32.7 Å². The number of nitrogens with one attached hydrogen (secondary N) is 2. The Hall–Kier alpha value is -1.94. The number of rotatable bonds is 4. The average molecular weight is 282 g/mol. The minimum atomic E-state index is 0.718. The lowest BCUT2D eigenvalue weighted by Crippen LogP contribution is -2.31. The fraction of sp³-hybridized carbons (Fsp3) is 0.412. The molecule has 0 unspecified atom stereocenters. The van der Waals surface area contributed by atoms with Gasteiger partial charge in [0.2, 0.25) is 5.95 Å². The van der Waals surface area contributed by atoms with Gasteiger partial charge in [-0.15, -0.1) is 0 Å². The van der Waals surface area contributed by atoms with E-state index >= 15 is 0 Å². The summed E-state index contributed by atoms with van der Waals surface area (Å²) in [7, 11) is 0. The topological polar surface area (TPSA) is 49.8 Å². The summed E-state index contributed by atoms with van der Waals surface area (Å²) in [6.07, 6.45) is 2.45. The quantitative estimate of drug-likeness (QED) is 0.905. The maximum atomic E-state index is 4.65. The molecule has 1 aromatic heterocycles. The Morgan fingerprint density at radius 2 is 1.90 bits per heavy atom. The van der Waals surface area contributed by atoms with Crippen LogP contribution in [0.5, 0.6) is 0 Å². The largest absolute Gasteiger partial charge is 0.354 e. The molecule has 1 aliphatic rings. The van der Waals surface area contributed by atoms with E-state index < -0.39 is 0 Å². The lowest BCUT2D eigenvalue weighted by Gasteiger charge is -2.22. The molecular weight excluding hydrogens is 260 g/mol. The summed E-state index contributed by atoms with van der Waals surface area (Å²) in [6.45, 7) is 5.22. The van der Waals surface area contributed by atoms with Gasteiger partial charge in [-0.3, -0.25) is 0 Å². The second-order valence-corrected chi connectivity index (χ2v) is 5.66. The Labute approximate surface area is 126 Å². The molecule has 21 heavy (non-hydrogen) atoms. The molecule has 1 fully saturated rings. The van der Waals surface area contributed by atoms with Gasteiger partial charge in [-0.2, -0.15) is 0 Å². The van der Waals surface area contributed by atoms with E-state index in [1.54, 1.807) is 0 Å². The predicted molar refractivity (Wildman–Crippen MR) is 86.3 cm³/mol. The van der Waals surface area contributed by atoms with E-state index in [0.717, 1.165) is 48.5 Å². The smallest absolute Gasteiger partial charge is 0.223 e. The highest BCUT2D eigenvalue weighted by Crippen LogP contribution is 2.19. The summed E-state index contributed by atoms with van der Waals surface area (Å²) in [5.74, 6) is 1.46. The van der Waals surface area contributed by atoms with Gasteiger partial charge in [-0.1, -0.05) is 30.3 Å². The van der Waals surface area contributed by atoms with Crippen LogP contribution in [0, 0.1) is 12.8 Å². The number of aryl methyl sites for hydroxylation is 1. The summed E-state index contributed by atoms with van der Waals surface area (Å²) in [5, 5.41) is 6.81. The number of benzene rings is 1. The first-order valence-corrected chi connectivity index (χ1v) is 7.67. The molecule has 0 spiro atoms. The summed E-state index contributed by atoms with van der Waals surface area (Å²) >= 11 is 0. The molecule has 110 valence electrons. The number of hydrogen-bond donors (Lipinski definition) is 2. The fourth-order valence-electron chi connectivity index (χ4n) is 2.73. The highest BCUT2D eigenvalue weighted by molar-refractivity contribution is 5.60.